The van der Waals surface area contributed by atoms with Gasteiger partial charge in [-0.2, -0.15) is 0 Å². The summed E-state index contributed by atoms with van der Waals surface area (Å²) in [5.41, 5.74) is 6.16. The van der Waals surface area contributed by atoms with Crippen LogP contribution in [0.3, 0.4) is 0 Å². The number of hydrogen-bond acceptors (Lipinski definition) is 5. The number of carboxylic acids is 1. The number of carboxylic acid groups (broad SMARTS) is 1. The highest BCUT2D eigenvalue weighted by Crippen LogP contribution is 2.29. The predicted molar refractivity (Wildman–Crippen MR) is 64.0 cm³/mol. The third kappa shape index (κ3) is 2.73. The van der Waals surface area contributed by atoms with Gasteiger partial charge in [0.05, 0.1) is 5.56 Å². The number of anilines is 1. The van der Waals surface area contributed by atoms with Gasteiger partial charge in [0, 0.05) is 16.8 Å². The highest BCUT2D eigenvalue weighted by atomic mass is 32.2. The number of nitrogens with zero attached hydrogens (tertiary/aromatic N) is 2. The average molecular weight is 247 g/mol. The van der Waals surface area contributed by atoms with Crippen LogP contribution in [0, 0.1) is 0 Å². The molecule has 0 radical (unpaired) electrons. The van der Waals surface area contributed by atoms with E-state index >= 15 is 0 Å². The number of rotatable bonds is 3. The molecule has 0 saturated heterocycles. The van der Waals surface area contributed by atoms with E-state index in [0.717, 1.165) is 0 Å². The fourth-order valence-corrected chi connectivity index (χ4v) is 2.10. The van der Waals surface area contributed by atoms with E-state index in [4.69, 9.17) is 10.8 Å². The van der Waals surface area contributed by atoms with Gasteiger partial charge in [-0.25, -0.2) is 14.8 Å². The standard InChI is InChI=1S/C11H9N3O2S/c12-7-1-2-9(8(5-7)11(15)16)17-10-3-4-13-6-14-10/h1-6H,12H2,(H,15,16). The van der Waals surface area contributed by atoms with Crippen LogP contribution in [0.25, 0.3) is 0 Å². The van der Waals surface area contributed by atoms with Gasteiger partial charge in [-0.05, 0) is 24.3 Å². The zero-order chi connectivity index (χ0) is 12.3. The first-order valence-electron chi connectivity index (χ1n) is 4.73. The quantitative estimate of drug-likeness (QED) is 0.636. The lowest BCUT2D eigenvalue weighted by Gasteiger charge is -2.05. The van der Waals surface area contributed by atoms with Crippen molar-refractivity contribution in [3.63, 3.8) is 0 Å². The van der Waals surface area contributed by atoms with Gasteiger partial charge in [-0.3, -0.25) is 0 Å². The molecule has 0 bridgehead atoms. The van der Waals surface area contributed by atoms with Crippen molar-refractivity contribution < 1.29 is 9.90 Å². The summed E-state index contributed by atoms with van der Waals surface area (Å²) in [6.45, 7) is 0. The predicted octanol–water partition coefficient (Wildman–Crippen LogP) is 1.91. The number of aromatic nitrogens is 2. The Morgan fingerprint density at radius 3 is 2.82 bits per heavy atom. The van der Waals surface area contributed by atoms with E-state index in [2.05, 4.69) is 9.97 Å². The van der Waals surface area contributed by atoms with Crippen molar-refractivity contribution in [3.05, 3.63) is 42.4 Å². The minimum absolute atomic E-state index is 0.175. The van der Waals surface area contributed by atoms with E-state index in [1.807, 2.05) is 0 Å². The van der Waals surface area contributed by atoms with Crippen LogP contribution < -0.4 is 5.73 Å². The molecule has 6 heteroatoms. The van der Waals surface area contributed by atoms with Crippen molar-refractivity contribution in [2.75, 3.05) is 5.73 Å². The lowest BCUT2D eigenvalue weighted by molar-refractivity contribution is 0.0693. The maximum Gasteiger partial charge on any atom is 0.336 e. The number of hydrogen-bond donors (Lipinski definition) is 2. The number of benzene rings is 1. The molecule has 1 heterocycles. The Kier molecular flexibility index (Phi) is 3.24. The monoisotopic (exact) mass is 247 g/mol. The SMILES string of the molecule is Nc1ccc(Sc2ccncn2)c(C(=O)O)c1. The molecular weight excluding hydrogens is 238 g/mol. The molecule has 0 saturated carbocycles. The average Bonchev–Trinajstić information content (AvgIpc) is 2.32. The Hall–Kier alpha value is -2.08. The van der Waals surface area contributed by atoms with Gasteiger partial charge in [-0.15, -0.1) is 0 Å². The molecule has 86 valence electrons. The highest BCUT2D eigenvalue weighted by Gasteiger charge is 2.11. The van der Waals surface area contributed by atoms with E-state index < -0.39 is 5.97 Å². The molecule has 5 nitrogen and oxygen atoms in total. The summed E-state index contributed by atoms with van der Waals surface area (Å²) in [5.74, 6) is -1.01. The molecule has 0 spiro atoms. The number of nitrogen functional groups attached to an aromatic ring is 1. The summed E-state index contributed by atoms with van der Waals surface area (Å²) in [7, 11) is 0. The van der Waals surface area contributed by atoms with Crippen LogP contribution in [0.4, 0.5) is 5.69 Å². The topological polar surface area (TPSA) is 89.1 Å². The summed E-state index contributed by atoms with van der Waals surface area (Å²) in [5, 5.41) is 9.75. The first kappa shape index (κ1) is 11.4. The van der Waals surface area contributed by atoms with Crippen molar-refractivity contribution in [1.29, 1.82) is 0 Å². The van der Waals surface area contributed by atoms with Gasteiger partial charge in [-0.1, -0.05) is 11.8 Å². The Morgan fingerprint density at radius 2 is 2.18 bits per heavy atom. The van der Waals surface area contributed by atoms with E-state index in [-0.39, 0.29) is 5.56 Å². The molecule has 0 aliphatic carbocycles. The Bertz CT molecular complexity index is 546. The van der Waals surface area contributed by atoms with Gasteiger partial charge in [0.15, 0.2) is 0 Å². The van der Waals surface area contributed by atoms with E-state index in [0.29, 0.717) is 15.6 Å². The minimum atomic E-state index is -1.01. The molecule has 0 amide bonds. The molecule has 0 atom stereocenters. The van der Waals surface area contributed by atoms with Crippen molar-refractivity contribution in [2.45, 2.75) is 9.92 Å². The number of nitrogens with two attached hydrogens (primary N) is 1. The second-order valence-corrected chi connectivity index (χ2v) is 4.27. The zero-order valence-electron chi connectivity index (χ0n) is 8.70. The number of aromatic carboxylic acids is 1. The third-order valence-electron chi connectivity index (χ3n) is 2.00. The van der Waals surface area contributed by atoms with Crippen LogP contribution in [0.2, 0.25) is 0 Å². The summed E-state index contributed by atoms with van der Waals surface area (Å²) in [6.07, 6.45) is 3.02. The van der Waals surface area contributed by atoms with Gasteiger partial charge in [0.1, 0.15) is 11.4 Å². The van der Waals surface area contributed by atoms with E-state index in [9.17, 15) is 4.79 Å². The summed E-state index contributed by atoms with van der Waals surface area (Å²) in [4.78, 5) is 19.5. The van der Waals surface area contributed by atoms with Gasteiger partial charge >= 0.3 is 5.97 Å². The summed E-state index contributed by atoms with van der Waals surface area (Å²) < 4.78 is 0. The van der Waals surface area contributed by atoms with Crippen molar-refractivity contribution in [3.8, 4) is 0 Å². The molecule has 2 aromatic rings. The van der Waals surface area contributed by atoms with Crippen LogP contribution in [-0.2, 0) is 0 Å². The maximum atomic E-state index is 11.1. The smallest absolute Gasteiger partial charge is 0.336 e. The van der Waals surface area contributed by atoms with Gasteiger partial charge in [0.25, 0.3) is 0 Å². The zero-order valence-corrected chi connectivity index (χ0v) is 9.52. The van der Waals surface area contributed by atoms with Gasteiger partial charge < -0.3 is 10.8 Å². The first-order chi connectivity index (χ1) is 8.16. The van der Waals surface area contributed by atoms with Crippen LogP contribution >= 0.6 is 11.8 Å². The fraction of sp³-hybridized carbons (Fsp3) is 0. The molecule has 3 N–H and O–H groups in total. The minimum Gasteiger partial charge on any atom is -0.478 e. The van der Waals surface area contributed by atoms with Crippen molar-refractivity contribution in [1.82, 2.24) is 9.97 Å². The van der Waals surface area contributed by atoms with Crippen molar-refractivity contribution >= 4 is 23.4 Å². The second kappa shape index (κ2) is 4.84. The molecule has 17 heavy (non-hydrogen) atoms. The van der Waals surface area contributed by atoms with Crippen LogP contribution in [-0.4, -0.2) is 21.0 Å². The Morgan fingerprint density at radius 1 is 1.35 bits per heavy atom. The largest absolute Gasteiger partial charge is 0.478 e. The van der Waals surface area contributed by atoms with E-state index in [1.54, 1.807) is 24.4 Å². The Labute approximate surface area is 102 Å². The lowest BCUT2D eigenvalue weighted by atomic mass is 10.2. The second-order valence-electron chi connectivity index (χ2n) is 3.21. The normalized spacial score (nSPS) is 10.1. The molecule has 1 aromatic heterocycles. The fourth-order valence-electron chi connectivity index (χ4n) is 1.26. The molecule has 1 aromatic carbocycles. The highest BCUT2D eigenvalue weighted by molar-refractivity contribution is 7.99. The van der Waals surface area contributed by atoms with Crippen LogP contribution in [0.15, 0.2) is 46.7 Å². The lowest BCUT2D eigenvalue weighted by Crippen LogP contribution is -2.00. The van der Waals surface area contributed by atoms with Crippen LogP contribution in [0.5, 0.6) is 0 Å². The maximum absolute atomic E-state index is 11.1. The molecule has 0 aliphatic heterocycles. The molecule has 2 rings (SSSR count). The summed E-state index contributed by atoms with van der Waals surface area (Å²) >= 11 is 1.26. The van der Waals surface area contributed by atoms with E-state index in [1.165, 1.54) is 24.2 Å². The molecule has 0 aliphatic rings. The first-order valence-corrected chi connectivity index (χ1v) is 5.55. The third-order valence-corrected chi connectivity index (χ3v) is 3.03. The summed E-state index contributed by atoms with van der Waals surface area (Å²) in [6, 6.07) is 6.49. The Balaban J connectivity index is 2.36. The molecule has 0 fully saturated rings. The van der Waals surface area contributed by atoms with Crippen molar-refractivity contribution in [2.24, 2.45) is 0 Å². The molecular formula is C11H9N3O2S. The van der Waals surface area contributed by atoms with Crippen LogP contribution in [0.1, 0.15) is 10.4 Å². The van der Waals surface area contributed by atoms with Gasteiger partial charge in [0.2, 0.25) is 0 Å². The number of carbonyl (C=O) groups is 1. The molecule has 0 unspecified atom stereocenters.